The maximum absolute atomic E-state index is 12.9. The van der Waals surface area contributed by atoms with E-state index in [0.29, 0.717) is 18.2 Å². The summed E-state index contributed by atoms with van der Waals surface area (Å²) in [5.74, 6) is -0.336. The van der Waals surface area contributed by atoms with Crippen molar-refractivity contribution >= 4 is 11.6 Å². The van der Waals surface area contributed by atoms with Gasteiger partial charge in [-0.2, -0.15) is 0 Å². The molecule has 1 aromatic carbocycles. The number of ether oxygens (including phenoxy) is 2. The monoisotopic (exact) mass is 273 g/mol. The fourth-order valence-electron chi connectivity index (χ4n) is 1.91. The number of hydrogen-bond donors (Lipinski definition) is 1. The molecule has 2 unspecified atom stereocenters. The Morgan fingerprint density at radius 2 is 2.33 bits per heavy atom. The highest BCUT2D eigenvalue weighted by molar-refractivity contribution is 6.31. The lowest BCUT2D eigenvalue weighted by atomic mass is 10.2. The summed E-state index contributed by atoms with van der Waals surface area (Å²) in [5, 5.41) is 3.67. The SMILES string of the molecule is CC1CNCC(COCc2ccc(F)cc2Cl)O1. The number of nitrogens with one attached hydrogen (secondary N) is 1. The Hall–Kier alpha value is -0.680. The predicted molar refractivity (Wildman–Crippen MR) is 68.3 cm³/mol. The van der Waals surface area contributed by atoms with Crippen LogP contribution < -0.4 is 5.32 Å². The summed E-state index contributed by atoms with van der Waals surface area (Å²) in [6, 6.07) is 4.31. The number of halogens is 2. The molecular formula is C13H17ClFNO2. The number of benzene rings is 1. The molecule has 0 spiro atoms. The molecule has 0 aliphatic carbocycles. The zero-order valence-electron chi connectivity index (χ0n) is 10.3. The highest BCUT2D eigenvalue weighted by atomic mass is 35.5. The van der Waals surface area contributed by atoms with Gasteiger partial charge in [-0.1, -0.05) is 17.7 Å². The van der Waals surface area contributed by atoms with Gasteiger partial charge < -0.3 is 14.8 Å². The Bertz CT molecular complexity index is 403. The van der Waals surface area contributed by atoms with Crippen LogP contribution in [0, 0.1) is 5.82 Å². The summed E-state index contributed by atoms with van der Waals surface area (Å²) in [6.07, 6.45) is 0.273. The van der Waals surface area contributed by atoms with E-state index in [1.165, 1.54) is 12.1 Å². The van der Waals surface area contributed by atoms with E-state index in [9.17, 15) is 4.39 Å². The van der Waals surface area contributed by atoms with Crippen molar-refractivity contribution in [2.45, 2.75) is 25.7 Å². The predicted octanol–water partition coefficient (Wildman–Crippen LogP) is 2.37. The molecule has 1 saturated heterocycles. The minimum absolute atomic E-state index is 0.0629. The van der Waals surface area contributed by atoms with Crippen LogP contribution in [0.25, 0.3) is 0 Å². The Morgan fingerprint density at radius 1 is 1.50 bits per heavy atom. The van der Waals surface area contributed by atoms with Crippen molar-refractivity contribution in [1.29, 1.82) is 0 Å². The molecule has 1 fully saturated rings. The van der Waals surface area contributed by atoms with Crippen LogP contribution in [0.3, 0.4) is 0 Å². The molecule has 1 aliphatic rings. The Morgan fingerprint density at radius 3 is 3.06 bits per heavy atom. The lowest BCUT2D eigenvalue weighted by molar-refractivity contribution is -0.0716. The molecule has 5 heteroatoms. The highest BCUT2D eigenvalue weighted by Crippen LogP contribution is 2.18. The number of rotatable bonds is 4. The van der Waals surface area contributed by atoms with E-state index in [2.05, 4.69) is 5.32 Å². The normalized spacial score (nSPS) is 24.2. The Labute approximate surface area is 111 Å². The number of hydrogen-bond acceptors (Lipinski definition) is 3. The molecule has 0 amide bonds. The smallest absolute Gasteiger partial charge is 0.124 e. The van der Waals surface area contributed by atoms with Crippen LogP contribution >= 0.6 is 11.6 Å². The first-order valence-electron chi connectivity index (χ1n) is 6.03. The Kier molecular flexibility index (Phi) is 4.95. The molecule has 3 nitrogen and oxygen atoms in total. The minimum atomic E-state index is -0.336. The third-order valence-corrected chi connectivity index (χ3v) is 3.16. The summed E-state index contributed by atoms with van der Waals surface area (Å²) < 4.78 is 24.1. The minimum Gasteiger partial charge on any atom is -0.374 e. The van der Waals surface area contributed by atoms with E-state index in [4.69, 9.17) is 21.1 Å². The van der Waals surface area contributed by atoms with Gasteiger partial charge in [0.25, 0.3) is 0 Å². The molecule has 0 radical (unpaired) electrons. The van der Waals surface area contributed by atoms with Crippen molar-refractivity contribution in [3.8, 4) is 0 Å². The second-order valence-electron chi connectivity index (χ2n) is 4.48. The topological polar surface area (TPSA) is 30.5 Å². The van der Waals surface area contributed by atoms with Gasteiger partial charge in [0.05, 0.1) is 25.4 Å². The van der Waals surface area contributed by atoms with Crippen molar-refractivity contribution < 1.29 is 13.9 Å². The van der Waals surface area contributed by atoms with Crippen molar-refractivity contribution in [2.75, 3.05) is 19.7 Å². The van der Waals surface area contributed by atoms with Crippen LogP contribution in [0.5, 0.6) is 0 Å². The van der Waals surface area contributed by atoms with Crippen molar-refractivity contribution in [1.82, 2.24) is 5.32 Å². The van der Waals surface area contributed by atoms with E-state index in [-0.39, 0.29) is 18.0 Å². The fourth-order valence-corrected chi connectivity index (χ4v) is 2.13. The molecule has 0 aromatic heterocycles. The molecule has 1 aliphatic heterocycles. The first kappa shape index (κ1) is 13.7. The summed E-state index contributed by atoms with van der Waals surface area (Å²) >= 11 is 5.91. The van der Waals surface area contributed by atoms with Gasteiger partial charge >= 0.3 is 0 Å². The van der Waals surface area contributed by atoms with E-state index >= 15 is 0 Å². The molecule has 0 saturated carbocycles. The van der Waals surface area contributed by atoms with Gasteiger partial charge in [-0.3, -0.25) is 0 Å². The highest BCUT2D eigenvalue weighted by Gasteiger charge is 2.18. The average Bonchev–Trinajstić information content (AvgIpc) is 2.32. The van der Waals surface area contributed by atoms with Gasteiger partial charge in [0.1, 0.15) is 5.82 Å². The van der Waals surface area contributed by atoms with E-state index in [1.807, 2.05) is 6.92 Å². The lowest BCUT2D eigenvalue weighted by Gasteiger charge is -2.28. The van der Waals surface area contributed by atoms with Gasteiger partial charge in [0, 0.05) is 18.1 Å². The summed E-state index contributed by atoms with van der Waals surface area (Å²) in [4.78, 5) is 0. The van der Waals surface area contributed by atoms with Crippen LogP contribution in [-0.4, -0.2) is 31.9 Å². The van der Waals surface area contributed by atoms with Gasteiger partial charge in [-0.25, -0.2) is 4.39 Å². The van der Waals surface area contributed by atoms with Gasteiger partial charge in [0.15, 0.2) is 0 Å². The molecule has 2 rings (SSSR count). The summed E-state index contributed by atoms with van der Waals surface area (Å²) in [6.45, 7) is 4.57. The third-order valence-electron chi connectivity index (χ3n) is 2.80. The van der Waals surface area contributed by atoms with E-state index in [1.54, 1.807) is 6.07 Å². The van der Waals surface area contributed by atoms with Gasteiger partial charge in [-0.15, -0.1) is 0 Å². The van der Waals surface area contributed by atoms with Crippen LogP contribution in [-0.2, 0) is 16.1 Å². The molecule has 100 valence electrons. The average molecular weight is 274 g/mol. The molecule has 18 heavy (non-hydrogen) atoms. The van der Waals surface area contributed by atoms with E-state index < -0.39 is 0 Å². The van der Waals surface area contributed by atoms with Crippen LogP contribution in [0.15, 0.2) is 18.2 Å². The first-order valence-corrected chi connectivity index (χ1v) is 6.41. The molecule has 0 bridgehead atoms. The third kappa shape index (κ3) is 3.92. The second kappa shape index (κ2) is 6.48. The van der Waals surface area contributed by atoms with Crippen molar-refractivity contribution in [3.05, 3.63) is 34.6 Å². The fraction of sp³-hybridized carbons (Fsp3) is 0.538. The van der Waals surface area contributed by atoms with Crippen molar-refractivity contribution in [3.63, 3.8) is 0 Å². The zero-order valence-corrected chi connectivity index (χ0v) is 11.0. The molecular weight excluding hydrogens is 257 g/mol. The second-order valence-corrected chi connectivity index (χ2v) is 4.89. The summed E-state index contributed by atoms with van der Waals surface area (Å²) in [7, 11) is 0. The first-order chi connectivity index (χ1) is 8.65. The lowest BCUT2D eigenvalue weighted by Crippen LogP contribution is -2.45. The largest absolute Gasteiger partial charge is 0.374 e. The van der Waals surface area contributed by atoms with Gasteiger partial charge in [0.2, 0.25) is 0 Å². The maximum atomic E-state index is 12.9. The van der Waals surface area contributed by atoms with Gasteiger partial charge in [-0.05, 0) is 24.6 Å². The van der Waals surface area contributed by atoms with Crippen LogP contribution in [0.1, 0.15) is 12.5 Å². The standard InChI is InChI=1S/C13H17ClFNO2/c1-9-5-16-6-12(18-9)8-17-7-10-2-3-11(15)4-13(10)14/h2-4,9,12,16H,5-8H2,1H3. The van der Waals surface area contributed by atoms with Crippen LogP contribution in [0.4, 0.5) is 4.39 Å². The van der Waals surface area contributed by atoms with E-state index in [0.717, 1.165) is 18.7 Å². The Balaban J connectivity index is 1.77. The molecule has 1 N–H and O–H groups in total. The van der Waals surface area contributed by atoms with Crippen LogP contribution in [0.2, 0.25) is 5.02 Å². The molecule has 2 atom stereocenters. The van der Waals surface area contributed by atoms with Crippen molar-refractivity contribution in [2.24, 2.45) is 0 Å². The maximum Gasteiger partial charge on any atom is 0.124 e. The summed E-state index contributed by atoms with van der Waals surface area (Å²) in [5.41, 5.74) is 0.787. The zero-order chi connectivity index (χ0) is 13.0. The molecule has 1 heterocycles. The number of morpholine rings is 1. The molecule has 1 aromatic rings. The quantitative estimate of drug-likeness (QED) is 0.914.